The van der Waals surface area contributed by atoms with Crippen LogP contribution in [-0.2, 0) is 16.6 Å². The van der Waals surface area contributed by atoms with Gasteiger partial charge in [0.25, 0.3) is 5.69 Å². The van der Waals surface area contributed by atoms with E-state index in [-0.39, 0.29) is 6.54 Å². The summed E-state index contributed by atoms with van der Waals surface area (Å²) in [6, 6.07) is 5.26. The number of benzene rings is 1. The van der Waals surface area contributed by atoms with Crippen LogP contribution < -0.4 is 10.0 Å². The van der Waals surface area contributed by atoms with E-state index in [0.29, 0.717) is 11.4 Å². The van der Waals surface area contributed by atoms with Crippen molar-refractivity contribution < 1.29 is 17.9 Å². The van der Waals surface area contributed by atoms with Crippen molar-refractivity contribution in [1.82, 2.24) is 9.88 Å². The second kappa shape index (κ2) is 5.89. The summed E-state index contributed by atoms with van der Waals surface area (Å²) in [5.74, 6) is 0.299. The maximum absolute atomic E-state index is 12.2. The number of nitro groups is 1. The molecule has 0 radical (unpaired) electrons. The Hall–Kier alpha value is -2.46. The molecule has 0 bridgehead atoms. The highest BCUT2D eigenvalue weighted by atomic mass is 32.2. The molecule has 0 spiro atoms. The van der Waals surface area contributed by atoms with Crippen molar-refractivity contribution in [2.24, 2.45) is 0 Å². The molecule has 2 aromatic rings. The molecule has 0 aliphatic heterocycles. The Balaban J connectivity index is 2.32. The molecule has 0 saturated heterocycles. The molecule has 0 atom stereocenters. The zero-order valence-electron chi connectivity index (χ0n) is 10.9. The summed E-state index contributed by atoms with van der Waals surface area (Å²) in [6.07, 6.45) is 1.37. The molecule has 112 valence electrons. The first-order valence-electron chi connectivity index (χ1n) is 5.79. The van der Waals surface area contributed by atoms with Gasteiger partial charge in [-0.05, 0) is 12.1 Å². The quantitative estimate of drug-likeness (QED) is 0.604. The number of nitrogens with one attached hydrogen (secondary N) is 2. The summed E-state index contributed by atoms with van der Waals surface area (Å²) in [4.78, 5) is 9.87. The van der Waals surface area contributed by atoms with E-state index in [1.54, 1.807) is 7.05 Å². The minimum atomic E-state index is -4.04. The Morgan fingerprint density at radius 1 is 1.38 bits per heavy atom. The van der Waals surface area contributed by atoms with Crippen LogP contribution in [0.3, 0.4) is 0 Å². The zero-order valence-corrected chi connectivity index (χ0v) is 11.8. The molecule has 0 unspecified atom stereocenters. The van der Waals surface area contributed by atoms with E-state index in [2.05, 4.69) is 15.2 Å². The van der Waals surface area contributed by atoms with Gasteiger partial charge in [0.15, 0.2) is 10.7 Å². The fourth-order valence-electron chi connectivity index (χ4n) is 1.62. The Labute approximate surface area is 120 Å². The van der Waals surface area contributed by atoms with Crippen molar-refractivity contribution in [3.05, 3.63) is 46.3 Å². The van der Waals surface area contributed by atoms with E-state index in [4.69, 9.17) is 4.52 Å². The van der Waals surface area contributed by atoms with Gasteiger partial charge >= 0.3 is 0 Å². The Bertz CT molecular complexity index is 742. The van der Waals surface area contributed by atoms with Gasteiger partial charge in [-0.3, -0.25) is 10.1 Å². The number of hydrogen-bond acceptors (Lipinski definition) is 7. The van der Waals surface area contributed by atoms with Gasteiger partial charge < -0.3 is 9.84 Å². The number of sulfonamides is 1. The SMILES string of the molecule is CNc1ccc(S(=O)(=O)NCc2ccno2)c([N+](=O)[O-])c1. The van der Waals surface area contributed by atoms with Gasteiger partial charge in [0.2, 0.25) is 10.0 Å². The molecule has 0 aliphatic rings. The Morgan fingerprint density at radius 2 is 2.14 bits per heavy atom. The van der Waals surface area contributed by atoms with Gasteiger partial charge in [-0.1, -0.05) is 5.16 Å². The third-order valence-electron chi connectivity index (χ3n) is 2.66. The maximum atomic E-state index is 12.2. The third-order valence-corrected chi connectivity index (χ3v) is 4.11. The van der Waals surface area contributed by atoms with Gasteiger partial charge in [0, 0.05) is 24.9 Å². The van der Waals surface area contributed by atoms with Gasteiger partial charge in [0.05, 0.1) is 17.7 Å². The molecule has 21 heavy (non-hydrogen) atoms. The van der Waals surface area contributed by atoms with Crippen molar-refractivity contribution in [3.63, 3.8) is 0 Å². The number of aromatic nitrogens is 1. The predicted molar refractivity (Wildman–Crippen MR) is 73.2 cm³/mol. The molecule has 1 aromatic heterocycles. The molecule has 1 heterocycles. The topological polar surface area (TPSA) is 127 Å². The van der Waals surface area contributed by atoms with Gasteiger partial charge in [0.1, 0.15) is 0 Å². The number of nitro benzene ring substituents is 1. The number of nitrogens with zero attached hydrogens (tertiary/aromatic N) is 2. The lowest BCUT2D eigenvalue weighted by Crippen LogP contribution is -2.24. The lowest BCUT2D eigenvalue weighted by atomic mass is 10.3. The van der Waals surface area contributed by atoms with Crippen LogP contribution >= 0.6 is 0 Å². The lowest BCUT2D eigenvalue weighted by Gasteiger charge is -2.07. The largest absolute Gasteiger partial charge is 0.388 e. The molecule has 0 saturated carbocycles. The fraction of sp³-hybridized carbons (Fsp3) is 0.182. The summed E-state index contributed by atoms with van der Waals surface area (Å²) >= 11 is 0. The first-order chi connectivity index (χ1) is 9.94. The average molecular weight is 312 g/mol. The van der Waals surface area contributed by atoms with Crippen LogP contribution in [-0.4, -0.2) is 25.5 Å². The molecule has 0 aliphatic carbocycles. The highest BCUT2D eigenvalue weighted by molar-refractivity contribution is 7.89. The van der Waals surface area contributed by atoms with Crippen molar-refractivity contribution >= 4 is 21.4 Å². The maximum Gasteiger partial charge on any atom is 0.291 e. The van der Waals surface area contributed by atoms with Crippen LogP contribution in [0.5, 0.6) is 0 Å². The van der Waals surface area contributed by atoms with Crippen LogP contribution in [0.1, 0.15) is 5.76 Å². The standard InChI is InChI=1S/C11H12N4O5S/c1-12-8-2-3-11(10(6-8)15(16)17)21(18,19)14-7-9-4-5-13-20-9/h2-6,12,14H,7H2,1H3. The second-order valence-corrected chi connectivity index (χ2v) is 5.73. The molecular formula is C11H12N4O5S. The van der Waals surface area contributed by atoms with Crippen LogP contribution in [0, 0.1) is 10.1 Å². The summed E-state index contributed by atoms with van der Waals surface area (Å²) in [7, 11) is -2.47. The molecule has 2 N–H and O–H groups in total. The van der Waals surface area contributed by atoms with E-state index in [0.717, 1.165) is 6.07 Å². The molecular weight excluding hydrogens is 300 g/mol. The first kappa shape index (κ1) is 14.9. The highest BCUT2D eigenvalue weighted by Crippen LogP contribution is 2.27. The molecule has 1 aromatic carbocycles. The van der Waals surface area contributed by atoms with E-state index in [1.165, 1.54) is 24.4 Å². The van der Waals surface area contributed by atoms with Crippen LogP contribution in [0.2, 0.25) is 0 Å². The summed E-state index contributed by atoms with van der Waals surface area (Å²) in [5.41, 5.74) is -0.0668. The van der Waals surface area contributed by atoms with Crippen LogP contribution in [0.15, 0.2) is 39.9 Å². The van der Waals surface area contributed by atoms with E-state index in [1.807, 2.05) is 0 Å². The van der Waals surface area contributed by atoms with Gasteiger partial charge in [-0.25, -0.2) is 13.1 Å². The zero-order chi connectivity index (χ0) is 15.5. The van der Waals surface area contributed by atoms with Crippen molar-refractivity contribution in [1.29, 1.82) is 0 Å². The molecule has 2 rings (SSSR count). The minimum Gasteiger partial charge on any atom is -0.388 e. The first-order valence-corrected chi connectivity index (χ1v) is 7.28. The van der Waals surface area contributed by atoms with Gasteiger partial charge in [-0.2, -0.15) is 0 Å². The normalized spacial score (nSPS) is 11.3. The highest BCUT2D eigenvalue weighted by Gasteiger charge is 2.26. The summed E-state index contributed by atoms with van der Waals surface area (Å²) in [6.45, 7) is -0.146. The summed E-state index contributed by atoms with van der Waals surface area (Å²) < 4.78 is 31.3. The van der Waals surface area contributed by atoms with E-state index in [9.17, 15) is 18.5 Å². The van der Waals surface area contributed by atoms with Crippen molar-refractivity contribution in [3.8, 4) is 0 Å². The third kappa shape index (κ3) is 3.35. The smallest absolute Gasteiger partial charge is 0.291 e. The van der Waals surface area contributed by atoms with Gasteiger partial charge in [-0.15, -0.1) is 0 Å². The molecule has 10 heteroatoms. The van der Waals surface area contributed by atoms with E-state index < -0.39 is 25.5 Å². The Morgan fingerprint density at radius 3 is 2.71 bits per heavy atom. The number of rotatable bonds is 6. The molecule has 0 fully saturated rings. The van der Waals surface area contributed by atoms with E-state index >= 15 is 0 Å². The average Bonchev–Trinajstić information content (AvgIpc) is 2.98. The van der Waals surface area contributed by atoms with Crippen LogP contribution in [0.4, 0.5) is 11.4 Å². The fourth-order valence-corrected chi connectivity index (χ4v) is 2.76. The van der Waals surface area contributed by atoms with Crippen molar-refractivity contribution in [2.45, 2.75) is 11.4 Å². The Kier molecular flexibility index (Phi) is 4.19. The second-order valence-electron chi connectivity index (χ2n) is 3.99. The molecule has 9 nitrogen and oxygen atoms in total. The lowest BCUT2D eigenvalue weighted by molar-refractivity contribution is -0.387. The summed E-state index contributed by atoms with van der Waals surface area (Å²) in [5, 5.41) is 17.2. The van der Waals surface area contributed by atoms with Crippen LogP contribution in [0.25, 0.3) is 0 Å². The monoisotopic (exact) mass is 312 g/mol. The predicted octanol–water partition coefficient (Wildman–Crippen LogP) is 1.10. The molecule has 0 amide bonds. The minimum absolute atomic E-state index is 0.146. The number of hydrogen-bond donors (Lipinski definition) is 2. The van der Waals surface area contributed by atoms with Crippen molar-refractivity contribution in [2.75, 3.05) is 12.4 Å². The number of anilines is 1.